The quantitative estimate of drug-likeness (QED) is 0.790. The van der Waals surface area contributed by atoms with Crippen molar-refractivity contribution in [2.75, 3.05) is 18.6 Å². The molecule has 1 fully saturated rings. The Bertz CT molecular complexity index is 728. The Hall–Kier alpha value is -2.58. The largest absolute Gasteiger partial charge is 0.471 e. The molecule has 1 aromatic rings. The van der Waals surface area contributed by atoms with Gasteiger partial charge in [0, 0.05) is 11.7 Å². The number of carbonyl (C=O) groups is 3. The lowest BCUT2D eigenvalue weighted by Gasteiger charge is -2.31. The number of nitrogens with zero attached hydrogens (tertiary/aromatic N) is 1. The predicted molar refractivity (Wildman–Crippen MR) is 91.3 cm³/mol. The van der Waals surface area contributed by atoms with Crippen molar-refractivity contribution in [3.8, 4) is 0 Å². The number of aryl methyl sites for hydroxylation is 1. The van der Waals surface area contributed by atoms with Gasteiger partial charge in [0.15, 0.2) is 0 Å². The number of hydrogen-bond acceptors (Lipinski definition) is 4. The first kappa shape index (κ1) is 20.7. The molecular weight excluding hydrogens is 365 g/mol. The van der Waals surface area contributed by atoms with Gasteiger partial charge in [0.1, 0.15) is 0 Å². The summed E-state index contributed by atoms with van der Waals surface area (Å²) in [4.78, 5) is 36.7. The van der Waals surface area contributed by atoms with Gasteiger partial charge in [-0.2, -0.15) is 13.2 Å². The molecule has 9 heteroatoms. The highest BCUT2D eigenvalue weighted by atomic mass is 19.4. The minimum Gasteiger partial charge on any atom is -0.465 e. The highest BCUT2D eigenvalue weighted by Crippen LogP contribution is 2.31. The Morgan fingerprint density at radius 1 is 1.22 bits per heavy atom. The summed E-state index contributed by atoms with van der Waals surface area (Å²) in [6.07, 6.45) is -1.80. The second-order valence-corrected chi connectivity index (χ2v) is 6.38. The van der Waals surface area contributed by atoms with Gasteiger partial charge in [-0.3, -0.25) is 9.59 Å². The van der Waals surface area contributed by atoms with E-state index < -0.39 is 30.5 Å². The zero-order valence-corrected chi connectivity index (χ0v) is 15.1. The molecule has 1 saturated carbocycles. The number of ether oxygens (including phenoxy) is 1. The molecule has 2 amide bonds. The fourth-order valence-corrected chi connectivity index (χ4v) is 3.21. The van der Waals surface area contributed by atoms with Gasteiger partial charge in [-0.1, -0.05) is 12.8 Å². The van der Waals surface area contributed by atoms with E-state index >= 15 is 0 Å². The normalized spacial score (nSPS) is 14.7. The molecule has 0 aliphatic heterocycles. The monoisotopic (exact) mass is 386 g/mol. The van der Waals surface area contributed by atoms with Crippen molar-refractivity contribution in [2.24, 2.45) is 0 Å². The lowest BCUT2D eigenvalue weighted by Crippen LogP contribution is -2.47. The van der Waals surface area contributed by atoms with E-state index in [9.17, 15) is 27.6 Å². The van der Waals surface area contributed by atoms with E-state index in [0.717, 1.165) is 25.7 Å². The smallest absolute Gasteiger partial charge is 0.465 e. The van der Waals surface area contributed by atoms with Crippen molar-refractivity contribution in [2.45, 2.75) is 44.8 Å². The molecule has 2 rings (SSSR count). The number of nitrogens with one attached hydrogen (secondary N) is 1. The van der Waals surface area contributed by atoms with Crippen molar-refractivity contribution < 1.29 is 32.3 Å². The molecule has 0 unspecified atom stereocenters. The maximum absolute atomic E-state index is 12.6. The average molecular weight is 386 g/mol. The summed E-state index contributed by atoms with van der Waals surface area (Å²) in [6.45, 7) is 0.943. The van der Waals surface area contributed by atoms with Crippen LogP contribution in [-0.4, -0.2) is 43.7 Å². The summed E-state index contributed by atoms with van der Waals surface area (Å²) in [6, 6.07) is 4.47. The number of methoxy groups -OCH3 is 1. The zero-order chi connectivity index (χ0) is 20.2. The number of alkyl halides is 3. The van der Waals surface area contributed by atoms with Crippen molar-refractivity contribution in [3.63, 3.8) is 0 Å². The SMILES string of the molecule is COC(=O)c1ccc(N(C(=O)CNC(=O)C(F)(F)F)C2CCCC2)c(C)c1. The zero-order valence-electron chi connectivity index (χ0n) is 15.1. The van der Waals surface area contributed by atoms with E-state index in [1.54, 1.807) is 24.4 Å². The Labute approximate surface area is 154 Å². The van der Waals surface area contributed by atoms with Crippen LogP contribution in [0.5, 0.6) is 0 Å². The molecule has 6 nitrogen and oxygen atoms in total. The third kappa shape index (κ3) is 4.99. The molecule has 1 N–H and O–H groups in total. The molecule has 1 aliphatic carbocycles. The molecule has 0 saturated heterocycles. The summed E-state index contributed by atoms with van der Waals surface area (Å²) >= 11 is 0. The van der Waals surface area contributed by atoms with Crippen LogP contribution in [0.4, 0.5) is 18.9 Å². The predicted octanol–water partition coefficient (Wildman–Crippen LogP) is 2.74. The lowest BCUT2D eigenvalue weighted by molar-refractivity contribution is -0.173. The highest BCUT2D eigenvalue weighted by Gasteiger charge is 2.39. The minimum absolute atomic E-state index is 0.164. The molecule has 0 atom stereocenters. The Morgan fingerprint density at radius 3 is 2.37 bits per heavy atom. The number of carbonyl (C=O) groups excluding carboxylic acids is 3. The minimum atomic E-state index is -5.05. The van der Waals surface area contributed by atoms with E-state index in [1.807, 2.05) is 0 Å². The van der Waals surface area contributed by atoms with Crippen LogP contribution in [0.25, 0.3) is 0 Å². The van der Waals surface area contributed by atoms with Crippen LogP contribution in [0.2, 0.25) is 0 Å². The number of anilines is 1. The van der Waals surface area contributed by atoms with Gasteiger partial charge in [-0.05, 0) is 43.5 Å². The van der Waals surface area contributed by atoms with Crippen LogP contribution in [0.15, 0.2) is 18.2 Å². The lowest BCUT2D eigenvalue weighted by atomic mass is 10.1. The van der Waals surface area contributed by atoms with Crippen molar-refractivity contribution in [1.29, 1.82) is 0 Å². The third-order valence-corrected chi connectivity index (χ3v) is 4.49. The summed E-state index contributed by atoms with van der Waals surface area (Å²) in [5.74, 6) is -3.31. The number of amides is 2. The fourth-order valence-electron chi connectivity index (χ4n) is 3.21. The van der Waals surface area contributed by atoms with E-state index in [-0.39, 0.29) is 6.04 Å². The Balaban J connectivity index is 2.26. The van der Waals surface area contributed by atoms with E-state index in [2.05, 4.69) is 4.74 Å². The molecule has 0 heterocycles. The first-order valence-electron chi connectivity index (χ1n) is 8.51. The van der Waals surface area contributed by atoms with Crippen LogP contribution in [0.1, 0.15) is 41.6 Å². The van der Waals surface area contributed by atoms with Crippen molar-refractivity contribution >= 4 is 23.5 Å². The molecular formula is C18H21F3N2O4. The third-order valence-electron chi connectivity index (χ3n) is 4.49. The second kappa shape index (κ2) is 8.41. The summed E-state index contributed by atoms with van der Waals surface area (Å²) in [7, 11) is 1.25. The van der Waals surface area contributed by atoms with Gasteiger partial charge in [0.2, 0.25) is 5.91 Å². The molecule has 1 aromatic carbocycles. The van der Waals surface area contributed by atoms with Crippen LogP contribution < -0.4 is 10.2 Å². The second-order valence-electron chi connectivity index (χ2n) is 6.38. The maximum Gasteiger partial charge on any atom is 0.471 e. The number of rotatable bonds is 5. The van der Waals surface area contributed by atoms with Crippen LogP contribution in [0, 0.1) is 6.92 Å². The Kier molecular flexibility index (Phi) is 6.45. The van der Waals surface area contributed by atoms with Crippen LogP contribution >= 0.6 is 0 Å². The molecule has 148 valence electrons. The first-order chi connectivity index (χ1) is 12.6. The van der Waals surface area contributed by atoms with Gasteiger partial charge in [0.25, 0.3) is 0 Å². The Morgan fingerprint density at radius 2 is 1.85 bits per heavy atom. The van der Waals surface area contributed by atoms with Gasteiger partial charge in [-0.25, -0.2) is 4.79 Å². The summed E-state index contributed by atoms with van der Waals surface area (Å²) < 4.78 is 41.7. The number of esters is 1. The highest BCUT2D eigenvalue weighted by molar-refractivity contribution is 5.99. The topological polar surface area (TPSA) is 75.7 Å². The van der Waals surface area contributed by atoms with Gasteiger partial charge >= 0.3 is 18.1 Å². The van der Waals surface area contributed by atoms with Crippen molar-refractivity contribution in [3.05, 3.63) is 29.3 Å². The molecule has 0 spiro atoms. The van der Waals surface area contributed by atoms with E-state index in [4.69, 9.17) is 0 Å². The number of hydrogen-bond donors (Lipinski definition) is 1. The molecule has 0 bridgehead atoms. The summed E-state index contributed by atoms with van der Waals surface area (Å²) in [5.41, 5.74) is 1.42. The fraction of sp³-hybridized carbons (Fsp3) is 0.500. The van der Waals surface area contributed by atoms with Gasteiger partial charge in [0.05, 0.1) is 19.2 Å². The van der Waals surface area contributed by atoms with Crippen molar-refractivity contribution in [1.82, 2.24) is 5.32 Å². The number of benzene rings is 1. The first-order valence-corrected chi connectivity index (χ1v) is 8.51. The average Bonchev–Trinajstić information content (AvgIpc) is 3.13. The van der Waals surface area contributed by atoms with Gasteiger partial charge < -0.3 is 15.0 Å². The number of halogens is 3. The van der Waals surface area contributed by atoms with Crippen LogP contribution in [-0.2, 0) is 14.3 Å². The molecule has 1 aliphatic rings. The molecule has 0 aromatic heterocycles. The van der Waals surface area contributed by atoms with E-state index in [0.29, 0.717) is 16.8 Å². The van der Waals surface area contributed by atoms with Gasteiger partial charge in [-0.15, -0.1) is 0 Å². The standard InChI is InChI=1S/C18H21F3N2O4/c1-11-9-12(16(25)27-2)7-8-14(11)23(13-5-3-4-6-13)15(24)10-22-17(26)18(19,20)21/h7-9,13H,3-6,10H2,1-2H3,(H,22,26). The summed E-state index contributed by atoms with van der Waals surface area (Å²) in [5, 5.41) is 1.63. The molecule has 0 radical (unpaired) electrons. The van der Waals surface area contributed by atoms with Crippen LogP contribution in [0.3, 0.4) is 0 Å². The maximum atomic E-state index is 12.6. The van der Waals surface area contributed by atoms with E-state index in [1.165, 1.54) is 18.1 Å². The molecule has 27 heavy (non-hydrogen) atoms.